The quantitative estimate of drug-likeness (QED) is 0.920. The molecule has 0 atom stereocenters. The zero-order valence-electron chi connectivity index (χ0n) is 14.5. The summed E-state index contributed by atoms with van der Waals surface area (Å²) >= 11 is 0. The van der Waals surface area contributed by atoms with Crippen LogP contribution in [0.1, 0.15) is 27.3 Å². The van der Waals surface area contributed by atoms with Crippen LogP contribution in [0.5, 0.6) is 11.5 Å². The van der Waals surface area contributed by atoms with Gasteiger partial charge in [-0.25, -0.2) is 0 Å². The minimum absolute atomic E-state index is 0.0181. The van der Waals surface area contributed by atoms with Crippen molar-refractivity contribution in [1.29, 1.82) is 0 Å². The summed E-state index contributed by atoms with van der Waals surface area (Å²) in [6, 6.07) is 6.07. The van der Waals surface area contributed by atoms with Gasteiger partial charge < -0.3 is 14.4 Å². The molecule has 2 aliphatic heterocycles. The highest BCUT2D eigenvalue weighted by Gasteiger charge is 2.25. The van der Waals surface area contributed by atoms with Gasteiger partial charge >= 0.3 is 0 Å². The number of nitrogens with zero attached hydrogens (tertiary/aromatic N) is 3. The number of carbonyl (C=O) groups is 1. The molecule has 1 N–H and O–H groups in total. The second-order valence-electron chi connectivity index (χ2n) is 6.58. The highest BCUT2D eigenvalue weighted by molar-refractivity contribution is 5.94. The number of amides is 1. The maximum atomic E-state index is 12.6. The van der Waals surface area contributed by atoms with Crippen LogP contribution in [0, 0.1) is 13.8 Å². The first-order valence-electron chi connectivity index (χ1n) is 8.53. The molecule has 0 aliphatic carbocycles. The Bertz CT molecular complexity index is 794. The topological polar surface area (TPSA) is 70.7 Å². The van der Waals surface area contributed by atoms with Crippen LogP contribution in [-0.4, -0.2) is 58.9 Å². The zero-order valence-corrected chi connectivity index (χ0v) is 14.5. The molecule has 0 saturated carbocycles. The molecule has 1 fully saturated rings. The number of hydrogen-bond donors (Lipinski definition) is 1. The highest BCUT2D eigenvalue weighted by Crippen LogP contribution is 2.32. The van der Waals surface area contributed by atoms with E-state index in [-0.39, 0.29) is 5.91 Å². The Labute approximate surface area is 146 Å². The van der Waals surface area contributed by atoms with Crippen LogP contribution >= 0.6 is 0 Å². The molecular weight excluding hydrogens is 320 g/mol. The SMILES string of the molecule is Cc1[nH]nc(C(=O)N2CCN(Cc3ccc4c(c3)OCO4)CC2)c1C. The molecule has 1 saturated heterocycles. The molecule has 1 aromatic carbocycles. The summed E-state index contributed by atoms with van der Waals surface area (Å²) in [4.78, 5) is 16.9. The minimum Gasteiger partial charge on any atom is -0.454 e. The van der Waals surface area contributed by atoms with Gasteiger partial charge in [0.1, 0.15) is 0 Å². The first-order chi connectivity index (χ1) is 12.1. The van der Waals surface area contributed by atoms with Gasteiger partial charge in [-0.1, -0.05) is 6.07 Å². The van der Waals surface area contributed by atoms with Crippen LogP contribution in [0.2, 0.25) is 0 Å². The Morgan fingerprint density at radius 1 is 1.16 bits per heavy atom. The van der Waals surface area contributed by atoms with Crippen molar-refractivity contribution in [1.82, 2.24) is 20.0 Å². The number of ether oxygens (including phenoxy) is 2. The van der Waals surface area contributed by atoms with E-state index in [1.165, 1.54) is 5.56 Å². The minimum atomic E-state index is 0.0181. The van der Waals surface area contributed by atoms with Crippen LogP contribution in [0.15, 0.2) is 18.2 Å². The van der Waals surface area contributed by atoms with Crippen molar-refractivity contribution in [2.45, 2.75) is 20.4 Å². The first kappa shape index (κ1) is 16.0. The van der Waals surface area contributed by atoms with E-state index >= 15 is 0 Å². The third kappa shape index (κ3) is 3.07. The normalized spacial score (nSPS) is 17.1. The molecule has 0 unspecified atom stereocenters. The molecule has 7 nitrogen and oxygen atoms in total. The van der Waals surface area contributed by atoms with E-state index in [1.54, 1.807) is 0 Å². The number of piperazine rings is 1. The summed E-state index contributed by atoms with van der Waals surface area (Å²) in [5.41, 5.74) is 3.63. The number of rotatable bonds is 3. The van der Waals surface area contributed by atoms with Gasteiger partial charge in [-0.05, 0) is 31.5 Å². The Kier molecular flexibility index (Phi) is 4.09. The summed E-state index contributed by atoms with van der Waals surface area (Å²) in [7, 11) is 0. The fourth-order valence-corrected chi connectivity index (χ4v) is 3.25. The lowest BCUT2D eigenvalue weighted by atomic mass is 10.1. The molecule has 7 heteroatoms. The lowest BCUT2D eigenvalue weighted by molar-refractivity contribution is 0.0622. The number of aromatic amines is 1. The maximum Gasteiger partial charge on any atom is 0.274 e. The van der Waals surface area contributed by atoms with E-state index in [2.05, 4.69) is 21.2 Å². The monoisotopic (exact) mass is 342 g/mol. The van der Waals surface area contributed by atoms with Gasteiger partial charge in [0.05, 0.1) is 0 Å². The van der Waals surface area contributed by atoms with E-state index in [1.807, 2.05) is 30.9 Å². The predicted molar refractivity (Wildman–Crippen MR) is 91.8 cm³/mol. The number of carbonyl (C=O) groups excluding carboxylic acids is 1. The van der Waals surface area contributed by atoms with Crippen LogP contribution in [0.25, 0.3) is 0 Å². The number of benzene rings is 1. The van der Waals surface area contributed by atoms with E-state index in [4.69, 9.17) is 9.47 Å². The zero-order chi connectivity index (χ0) is 17.4. The highest BCUT2D eigenvalue weighted by atomic mass is 16.7. The predicted octanol–water partition coefficient (Wildman–Crippen LogP) is 1.71. The molecular formula is C18H22N4O3. The molecule has 1 aromatic heterocycles. The van der Waals surface area contributed by atoms with Gasteiger partial charge in [-0.15, -0.1) is 0 Å². The average molecular weight is 342 g/mol. The second-order valence-corrected chi connectivity index (χ2v) is 6.58. The molecule has 2 aliphatic rings. The van der Waals surface area contributed by atoms with Gasteiger partial charge in [-0.3, -0.25) is 14.8 Å². The molecule has 0 radical (unpaired) electrons. The van der Waals surface area contributed by atoms with Gasteiger partial charge in [0.15, 0.2) is 17.2 Å². The van der Waals surface area contributed by atoms with Crippen molar-refractivity contribution in [2.24, 2.45) is 0 Å². The van der Waals surface area contributed by atoms with Gasteiger partial charge in [0, 0.05) is 44.0 Å². The Hall–Kier alpha value is -2.54. The summed E-state index contributed by atoms with van der Waals surface area (Å²) in [6.07, 6.45) is 0. The fraction of sp³-hybridized carbons (Fsp3) is 0.444. The number of aryl methyl sites for hydroxylation is 1. The van der Waals surface area contributed by atoms with Crippen molar-refractivity contribution in [3.05, 3.63) is 40.7 Å². The maximum absolute atomic E-state index is 12.6. The van der Waals surface area contributed by atoms with Crippen LogP contribution in [0.4, 0.5) is 0 Å². The van der Waals surface area contributed by atoms with Crippen molar-refractivity contribution < 1.29 is 14.3 Å². The van der Waals surface area contributed by atoms with E-state index < -0.39 is 0 Å². The van der Waals surface area contributed by atoms with Crippen LogP contribution in [-0.2, 0) is 6.54 Å². The number of hydrogen-bond acceptors (Lipinski definition) is 5. The lowest BCUT2D eigenvalue weighted by Crippen LogP contribution is -2.48. The molecule has 4 rings (SSSR count). The van der Waals surface area contributed by atoms with E-state index in [9.17, 15) is 4.79 Å². The molecule has 2 aromatic rings. The van der Waals surface area contributed by atoms with Crippen molar-refractivity contribution >= 4 is 5.91 Å². The molecule has 0 spiro atoms. The summed E-state index contributed by atoms with van der Waals surface area (Å²) < 4.78 is 10.8. The van der Waals surface area contributed by atoms with Crippen molar-refractivity contribution in [3.8, 4) is 11.5 Å². The smallest absolute Gasteiger partial charge is 0.274 e. The Morgan fingerprint density at radius 2 is 1.92 bits per heavy atom. The number of nitrogens with one attached hydrogen (secondary N) is 1. The number of aromatic nitrogens is 2. The lowest BCUT2D eigenvalue weighted by Gasteiger charge is -2.34. The largest absolute Gasteiger partial charge is 0.454 e. The molecule has 1 amide bonds. The van der Waals surface area contributed by atoms with Gasteiger partial charge in [-0.2, -0.15) is 5.10 Å². The van der Waals surface area contributed by atoms with Gasteiger partial charge in [0.25, 0.3) is 5.91 Å². The second kappa shape index (κ2) is 6.40. The molecule has 0 bridgehead atoms. The van der Waals surface area contributed by atoms with Crippen LogP contribution in [0.3, 0.4) is 0 Å². The van der Waals surface area contributed by atoms with Gasteiger partial charge in [0.2, 0.25) is 6.79 Å². The Morgan fingerprint density at radius 3 is 2.64 bits per heavy atom. The number of H-pyrrole nitrogens is 1. The summed E-state index contributed by atoms with van der Waals surface area (Å²) in [5, 5.41) is 7.04. The molecule has 3 heterocycles. The van der Waals surface area contributed by atoms with Crippen molar-refractivity contribution in [3.63, 3.8) is 0 Å². The number of fused-ring (bicyclic) bond motifs is 1. The Balaban J connectivity index is 1.35. The fourth-order valence-electron chi connectivity index (χ4n) is 3.25. The average Bonchev–Trinajstić information content (AvgIpc) is 3.22. The van der Waals surface area contributed by atoms with Crippen LogP contribution < -0.4 is 9.47 Å². The van der Waals surface area contributed by atoms with Crippen molar-refractivity contribution in [2.75, 3.05) is 33.0 Å². The summed E-state index contributed by atoms with van der Waals surface area (Å²) in [5.74, 6) is 1.64. The summed E-state index contributed by atoms with van der Waals surface area (Å²) in [6.45, 7) is 8.14. The standard InChI is InChI=1S/C18H22N4O3/c1-12-13(2)19-20-17(12)18(23)22-7-5-21(6-8-22)10-14-3-4-15-16(9-14)25-11-24-15/h3-4,9H,5-8,10-11H2,1-2H3,(H,19,20). The molecule has 25 heavy (non-hydrogen) atoms. The van der Waals surface area contributed by atoms with E-state index in [0.717, 1.165) is 42.4 Å². The first-order valence-corrected chi connectivity index (χ1v) is 8.53. The van der Waals surface area contributed by atoms with E-state index in [0.29, 0.717) is 25.6 Å². The third-order valence-electron chi connectivity index (χ3n) is 4.96. The third-order valence-corrected chi connectivity index (χ3v) is 4.96. The molecule has 132 valence electrons.